The van der Waals surface area contributed by atoms with Crippen LogP contribution in [-0.4, -0.2) is 23.6 Å². The topological polar surface area (TPSA) is 92.4 Å². The molecule has 0 aliphatic rings. The molecule has 2 aromatic rings. The Kier molecular flexibility index (Phi) is 7.68. The molecular formula is C17H21ClN4O3S. The summed E-state index contributed by atoms with van der Waals surface area (Å²) in [7, 11) is 0. The number of hydrazine groups is 1. The summed E-state index contributed by atoms with van der Waals surface area (Å²) in [6, 6.07) is 6.98. The number of hydrogen-bond acceptors (Lipinski definition) is 6. The lowest BCUT2D eigenvalue weighted by Gasteiger charge is -2.12. The highest BCUT2D eigenvalue weighted by Gasteiger charge is 2.12. The smallest absolute Gasteiger partial charge is 0.426 e. The highest BCUT2D eigenvalue weighted by molar-refractivity contribution is 7.15. The van der Waals surface area contributed by atoms with Crippen LogP contribution in [0.1, 0.15) is 35.5 Å². The molecule has 2 amide bonds. The van der Waals surface area contributed by atoms with Crippen molar-refractivity contribution in [1.82, 2.24) is 15.8 Å². The van der Waals surface area contributed by atoms with Crippen molar-refractivity contribution in [3.05, 3.63) is 45.4 Å². The van der Waals surface area contributed by atoms with E-state index in [1.54, 1.807) is 24.4 Å². The molecule has 0 saturated carbocycles. The van der Waals surface area contributed by atoms with Crippen LogP contribution in [-0.2, 0) is 11.3 Å². The minimum Gasteiger partial charge on any atom is -0.448 e. The van der Waals surface area contributed by atoms with E-state index in [0.29, 0.717) is 34.8 Å². The van der Waals surface area contributed by atoms with E-state index >= 15 is 0 Å². The summed E-state index contributed by atoms with van der Waals surface area (Å²) in [6.45, 7) is 4.86. The molecule has 0 unspecified atom stereocenters. The average molecular weight is 397 g/mol. The maximum Gasteiger partial charge on any atom is 0.426 e. The van der Waals surface area contributed by atoms with Crippen molar-refractivity contribution in [3.8, 4) is 0 Å². The second-order valence-electron chi connectivity index (χ2n) is 5.88. The summed E-state index contributed by atoms with van der Waals surface area (Å²) < 4.78 is 5.44. The predicted octanol–water partition coefficient (Wildman–Crippen LogP) is 3.83. The Bertz CT molecular complexity index is 751. The molecule has 0 fully saturated rings. The molecule has 9 heteroatoms. The van der Waals surface area contributed by atoms with E-state index in [-0.39, 0.29) is 0 Å². The summed E-state index contributed by atoms with van der Waals surface area (Å²) in [6.07, 6.45) is 1.75. The zero-order valence-corrected chi connectivity index (χ0v) is 16.1. The fourth-order valence-electron chi connectivity index (χ4n) is 1.98. The lowest BCUT2D eigenvalue weighted by atomic mass is 10.1. The first kappa shape index (κ1) is 20.0. The standard InChI is InChI=1S/C17H21ClN4O3S/c1-11(2)7-8-25-17(24)22-21-15(23)13-5-3-4-6-14(13)19-9-12-10-20-16(18)26-12/h3-6,10-11,19H,7-9H2,1-2H3,(H,21,23)(H,22,24). The number of nitrogens with zero attached hydrogens (tertiary/aromatic N) is 1. The molecule has 0 aliphatic heterocycles. The van der Waals surface area contributed by atoms with Crippen LogP contribution >= 0.6 is 22.9 Å². The van der Waals surface area contributed by atoms with Gasteiger partial charge in [-0.05, 0) is 24.5 Å². The second-order valence-corrected chi connectivity index (χ2v) is 7.57. The Morgan fingerprint density at radius 3 is 2.73 bits per heavy atom. The molecule has 1 aromatic carbocycles. The first-order valence-electron chi connectivity index (χ1n) is 8.12. The van der Waals surface area contributed by atoms with Gasteiger partial charge in [-0.15, -0.1) is 11.3 Å². The minimum atomic E-state index is -0.691. The Morgan fingerprint density at radius 2 is 2.04 bits per heavy atom. The largest absolute Gasteiger partial charge is 0.448 e. The number of para-hydroxylation sites is 1. The molecule has 0 saturated heterocycles. The molecule has 0 aliphatic carbocycles. The third-order valence-corrected chi connectivity index (χ3v) is 4.47. The van der Waals surface area contributed by atoms with Gasteiger partial charge in [-0.3, -0.25) is 10.2 Å². The van der Waals surface area contributed by atoms with Crippen molar-refractivity contribution in [2.45, 2.75) is 26.8 Å². The highest BCUT2D eigenvalue weighted by atomic mass is 35.5. The number of carbonyl (C=O) groups excluding carboxylic acids is 2. The van der Waals surface area contributed by atoms with Gasteiger partial charge in [-0.2, -0.15) is 0 Å². The second kappa shape index (κ2) is 9.98. The zero-order chi connectivity index (χ0) is 18.9. The van der Waals surface area contributed by atoms with Crippen LogP contribution in [0.3, 0.4) is 0 Å². The van der Waals surface area contributed by atoms with Gasteiger partial charge in [-0.1, -0.05) is 37.6 Å². The number of aromatic nitrogens is 1. The third-order valence-electron chi connectivity index (χ3n) is 3.36. The van der Waals surface area contributed by atoms with E-state index in [4.69, 9.17) is 16.3 Å². The van der Waals surface area contributed by atoms with Gasteiger partial charge in [0.1, 0.15) is 0 Å². The van der Waals surface area contributed by atoms with Crippen LogP contribution in [0, 0.1) is 5.92 Å². The highest BCUT2D eigenvalue weighted by Crippen LogP contribution is 2.20. The normalized spacial score (nSPS) is 10.5. The summed E-state index contributed by atoms with van der Waals surface area (Å²) in [5, 5.41) is 3.17. The van der Waals surface area contributed by atoms with E-state index in [9.17, 15) is 9.59 Å². The van der Waals surface area contributed by atoms with Crippen molar-refractivity contribution in [2.75, 3.05) is 11.9 Å². The monoisotopic (exact) mass is 396 g/mol. The molecule has 7 nitrogen and oxygen atoms in total. The number of hydrogen-bond donors (Lipinski definition) is 3. The summed E-state index contributed by atoms with van der Waals surface area (Å²) in [4.78, 5) is 28.8. The number of halogens is 1. The number of ether oxygens (including phenoxy) is 1. The predicted molar refractivity (Wildman–Crippen MR) is 102 cm³/mol. The number of carbonyl (C=O) groups is 2. The molecule has 0 atom stereocenters. The van der Waals surface area contributed by atoms with Gasteiger partial charge in [0, 0.05) is 16.8 Å². The fraction of sp³-hybridized carbons (Fsp3) is 0.353. The molecule has 26 heavy (non-hydrogen) atoms. The maximum atomic E-state index is 12.3. The number of amides is 2. The van der Waals surface area contributed by atoms with Gasteiger partial charge in [0.05, 0.1) is 18.7 Å². The molecule has 0 radical (unpaired) electrons. The van der Waals surface area contributed by atoms with Crippen LogP contribution in [0.15, 0.2) is 30.5 Å². The molecule has 0 spiro atoms. The lowest BCUT2D eigenvalue weighted by molar-refractivity contribution is 0.0907. The van der Waals surface area contributed by atoms with Crippen molar-refractivity contribution in [2.24, 2.45) is 5.92 Å². The molecule has 2 rings (SSSR count). The van der Waals surface area contributed by atoms with Gasteiger partial charge in [0.25, 0.3) is 5.91 Å². The number of benzene rings is 1. The number of nitrogens with one attached hydrogen (secondary N) is 3. The summed E-state index contributed by atoms with van der Waals surface area (Å²) in [5.74, 6) is -0.0139. The molecule has 140 valence electrons. The summed E-state index contributed by atoms with van der Waals surface area (Å²) >= 11 is 7.17. The van der Waals surface area contributed by atoms with E-state index < -0.39 is 12.0 Å². The zero-order valence-electron chi connectivity index (χ0n) is 14.5. The number of rotatable bonds is 7. The quantitative estimate of drug-likeness (QED) is 0.618. The van der Waals surface area contributed by atoms with E-state index in [1.165, 1.54) is 11.3 Å². The minimum absolute atomic E-state index is 0.301. The molecule has 3 N–H and O–H groups in total. The third kappa shape index (κ3) is 6.53. The van der Waals surface area contributed by atoms with Crippen LogP contribution in [0.25, 0.3) is 0 Å². The number of anilines is 1. The van der Waals surface area contributed by atoms with E-state index in [2.05, 4.69) is 21.2 Å². The first-order chi connectivity index (χ1) is 12.5. The summed E-state index contributed by atoms with van der Waals surface area (Å²) in [5.41, 5.74) is 5.61. The first-order valence-corrected chi connectivity index (χ1v) is 9.31. The Labute approximate surface area is 161 Å². The SMILES string of the molecule is CC(C)CCOC(=O)NNC(=O)c1ccccc1NCc1cnc(Cl)s1. The fourth-order valence-corrected chi connectivity index (χ4v) is 2.90. The average Bonchev–Trinajstić information content (AvgIpc) is 3.03. The molecule has 0 bridgehead atoms. The van der Waals surface area contributed by atoms with Crippen LogP contribution in [0.4, 0.5) is 10.5 Å². The van der Waals surface area contributed by atoms with Gasteiger partial charge >= 0.3 is 6.09 Å². The Morgan fingerprint density at radius 1 is 1.27 bits per heavy atom. The van der Waals surface area contributed by atoms with Gasteiger partial charge in [0.2, 0.25) is 0 Å². The van der Waals surface area contributed by atoms with Crippen LogP contribution in [0.5, 0.6) is 0 Å². The van der Waals surface area contributed by atoms with E-state index in [1.807, 2.05) is 19.9 Å². The van der Waals surface area contributed by atoms with Crippen molar-refractivity contribution >= 4 is 40.6 Å². The van der Waals surface area contributed by atoms with Crippen LogP contribution in [0.2, 0.25) is 4.47 Å². The van der Waals surface area contributed by atoms with Gasteiger partial charge in [-0.25, -0.2) is 15.2 Å². The molecule has 1 aromatic heterocycles. The number of thiazole rings is 1. The van der Waals surface area contributed by atoms with Crippen molar-refractivity contribution in [1.29, 1.82) is 0 Å². The van der Waals surface area contributed by atoms with Gasteiger partial charge < -0.3 is 10.1 Å². The van der Waals surface area contributed by atoms with Crippen molar-refractivity contribution in [3.63, 3.8) is 0 Å². The Hall–Kier alpha value is -2.32. The maximum absolute atomic E-state index is 12.3. The molecule has 1 heterocycles. The molecular weight excluding hydrogens is 376 g/mol. The van der Waals surface area contributed by atoms with Crippen molar-refractivity contribution < 1.29 is 14.3 Å². The Balaban J connectivity index is 1.87. The van der Waals surface area contributed by atoms with Crippen LogP contribution < -0.4 is 16.2 Å². The lowest BCUT2D eigenvalue weighted by Crippen LogP contribution is -2.42. The van der Waals surface area contributed by atoms with Gasteiger partial charge in [0.15, 0.2) is 4.47 Å². The van der Waals surface area contributed by atoms with E-state index in [0.717, 1.165) is 11.3 Å².